The van der Waals surface area contributed by atoms with Crippen LogP contribution in [0, 0.1) is 29.2 Å². The lowest BCUT2D eigenvalue weighted by Crippen LogP contribution is -2.30. The quantitative estimate of drug-likeness (QED) is 0.639. The standard InChI is InChI=1S/C12H12F4N2O/c13-7-3-8(14)11(16)12(10(7)15)18-9(19)5-17-4-6-1-2-6/h3,6,17H,1-2,4-5H2,(H,18,19). The molecule has 19 heavy (non-hydrogen) atoms. The fraction of sp³-hybridized carbons (Fsp3) is 0.417. The van der Waals surface area contributed by atoms with E-state index in [2.05, 4.69) is 5.32 Å². The lowest BCUT2D eigenvalue weighted by atomic mass is 10.2. The topological polar surface area (TPSA) is 41.1 Å². The second-order valence-corrected chi connectivity index (χ2v) is 4.47. The average Bonchev–Trinajstić information content (AvgIpc) is 3.16. The molecular weight excluding hydrogens is 264 g/mol. The Morgan fingerprint density at radius 3 is 2.26 bits per heavy atom. The van der Waals surface area contributed by atoms with Gasteiger partial charge in [-0.25, -0.2) is 17.6 Å². The Balaban J connectivity index is 1.98. The van der Waals surface area contributed by atoms with Gasteiger partial charge in [-0.2, -0.15) is 0 Å². The molecule has 0 heterocycles. The van der Waals surface area contributed by atoms with Crippen LogP contribution in [0.1, 0.15) is 12.8 Å². The third kappa shape index (κ3) is 3.44. The van der Waals surface area contributed by atoms with E-state index in [0.29, 0.717) is 12.5 Å². The Morgan fingerprint density at radius 2 is 1.74 bits per heavy atom. The first-order valence-electron chi connectivity index (χ1n) is 5.82. The van der Waals surface area contributed by atoms with Crippen LogP contribution in [0.3, 0.4) is 0 Å². The van der Waals surface area contributed by atoms with E-state index in [9.17, 15) is 22.4 Å². The van der Waals surface area contributed by atoms with Crippen LogP contribution in [-0.4, -0.2) is 19.0 Å². The molecule has 0 saturated heterocycles. The second kappa shape index (κ2) is 5.56. The van der Waals surface area contributed by atoms with Gasteiger partial charge in [-0.1, -0.05) is 0 Å². The van der Waals surface area contributed by atoms with E-state index in [1.807, 2.05) is 5.32 Å². The third-order valence-corrected chi connectivity index (χ3v) is 2.79. The van der Waals surface area contributed by atoms with Crippen molar-refractivity contribution in [2.45, 2.75) is 12.8 Å². The number of carbonyl (C=O) groups is 1. The van der Waals surface area contributed by atoms with Crippen molar-refractivity contribution in [3.05, 3.63) is 29.3 Å². The maximum absolute atomic E-state index is 13.2. The summed E-state index contributed by atoms with van der Waals surface area (Å²) in [5.74, 6) is -6.57. The number of benzene rings is 1. The van der Waals surface area contributed by atoms with E-state index in [0.717, 1.165) is 12.8 Å². The Morgan fingerprint density at radius 1 is 1.16 bits per heavy atom. The summed E-state index contributed by atoms with van der Waals surface area (Å²) >= 11 is 0. The van der Waals surface area contributed by atoms with Crippen molar-refractivity contribution in [3.63, 3.8) is 0 Å². The minimum Gasteiger partial charge on any atom is -0.320 e. The highest BCUT2D eigenvalue weighted by molar-refractivity contribution is 5.92. The minimum absolute atomic E-state index is 0.0890. The van der Waals surface area contributed by atoms with Crippen molar-refractivity contribution in [2.24, 2.45) is 5.92 Å². The van der Waals surface area contributed by atoms with E-state index in [1.54, 1.807) is 0 Å². The third-order valence-electron chi connectivity index (χ3n) is 2.79. The number of halogens is 4. The smallest absolute Gasteiger partial charge is 0.238 e. The van der Waals surface area contributed by atoms with Gasteiger partial charge in [0.05, 0.1) is 6.54 Å². The molecule has 0 aromatic heterocycles. The molecule has 1 saturated carbocycles. The van der Waals surface area contributed by atoms with Crippen molar-refractivity contribution in [1.29, 1.82) is 0 Å². The number of hydrogen-bond acceptors (Lipinski definition) is 2. The highest BCUT2D eigenvalue weighted by Crippen LogP contribution is 2.27. The van der Waals surface area contributed by atoms with Crippen LogP contribution in [0.5, 0.6) is 0 Å². The summed E-state index contributed by atoms with van der Waals surface area (Å²) in [4.78, 5) is 11.4. The highest BCUT2D eigenvalue weighted by Gasteiger charge is 2.22. The average molecular weight is 276 g/mol. The molecule has 1 fully saturated rings. The summed E-state index contributed by atoms with van der Waals surface area (Å²) in [6.45, 7) is 0.462. The molecule has 1 aliphatic rings. The number of rotatable bonds is 5. The van der Waals surface area contributed by atoms with E-state index in [4.69, 9.17) is 0 Å². The van der Waals surface area contributed by atoms with Gasteiger partial charge in [0, 0.05) is 6.07 Å². The Hall–Kier alpha value is -1.63. The van der Waals surface area contributed by atoms with Crippen LogP contribution < -0.4 is 10.6 Å². The zero-order valence-corrected chi connectivity index (χ0v) is 9.90. The lowest BCUT2D eigenvalue weighted by molar-refractivity contribution is -0.115. The molecule has 0 radical (unpaired) electrons. The minimum atomic E-state index is -1.62. The molecule has 0 aliphatic heterocycles. The van der Waals surface area contributed by atoms with Crippen LogP contribution >= 0.6 is 0 Å². The summed E-state index contributed by atoms with van der Waals surface area (Å²) in [6.07, 6.45) is 2.18. The van der Waals surface area contributed by atoms with Gasteiger partial charge in [0.15, 0.2) is 23.3 Å². The van der Waals surface area contributed by atoms with Crippen LogP contribution in [0.25, 0.3) is 0 Å². The van der Waals surface area contributed by atoms with Gasteiger partial charge in [0.25, 0.3) is 0 Å². The summed E-state index contributed by atoms with van der Waals surface area (Å²) in [6, 6.07) is 0.0890. The van der Waals surface area contributed by atoms with Crippen molar-refractivity contribution in [1.82, 2.24) is 5.32 Å². The van der Waals surface area contributed by atoms with Gasteiger partial charge in [0.1, 0.15) is 5.69 Å². The molecule has 2 N–H and O–H groups in total. The molecule has 1 amide bonds. The molecule has 7 heteroatoms. The van der Waals surface area contributed by atoms with Crippen molar-refractivity contribution >= 4 is 11.6 Å². The number of anilines is 1. The monoisotopic (exact) mass is 276 g/mol. The fourth-order valence-corrected chi connectivity index (χ4v) is 1.58. The van der Waals surface area contributed by atoms with Gasteiger partial charge in [-0.15, -0.1) is 0 Å². The Labute approximate surface area is 107 Å². The first-order chi connectivity index (χ1) is 8.99. The van der Waals surface area contributed by atoms with Gasteiger partial charge >= 0.3 is 0 Å². The summed E-state index contributed by atoms with van der Waals surface area (Å²) in [5.41, 5.74) is -1.10. The Kier molecular flexibility index (Phi) is 4.04. The van der Waals surface area contributed by atoms with Crippen LogP contribution in [0.15, 0.2) is 6.07 Å². The van der Waals surface area contributed by atoms with Gasteiger partial charge in [-0.05, 0) is 25.3 Å². The molecular formula is C12H12F4N2O. The molecule has 0 unspecified atom stereocenters. The second-order valence-electron chi connectivity index (χ2n) is 4.47. The molecule has 1 aromatic rings. The van der Waals surface area contributed by atoms with Gasteiger partial charge in [0.2, 0.25) is 5.91 Å². The molecule has 104 valence electrons. The maximum atomic E-state index is 13.2. The number of amides is 1. The van der Waals surface area contributed by atoms with Crippen LogP contribution in [0.2, 0.25) is 0 Å². The number of hydrogen-bond donors (Lipinski definition) is 2. The molecule has 0 atom stereocenters. The summed E-state index contributed by atoms with van der Waals surface area (Å²) in [7, 11) is 0. The summed E-state index contributed by atoms with van der Waals surface area (Å²) < 4.78 is 52.3. The van der Waals surface area contributed by atoms with Gasteiger partial charge in [-0.3, -0.25) is 4.79 Å². The molecule has 1 aromatic carbocycles. The SMILES string of the molecule is O=C(CNCC1CC1)Nc1c(F)c(F)cc(F)c1F. The van der Waals surface area contributed by atoms with Crippen LogP contribution in [0.4, 0.5) is 23.2 Å². The first kappa shape index (κ1) is 13.8. The maximum Gasteiger partial charge on any atom is 0.238 e. The highest BCUT2D eigenvalue weighted by atomic mass is 19.2. The number of carbonyl (C=O) groups excluding carboxylic acids is 1. The molecule has 1 aliphatic carbocycles. The largest absolute Gasteiger partial charge is 0.320 e. The summed E-state index contributed by atoms with van der Waals surface area (Å²) in [5, 5.41) is 4.61. The van der Waals surface area contributed by atoms with Gasteiger partial charge < -0.3 is 10.6 Å². The number of nitrogens with one attached hydrogen (secondary N) is 2. The zero-order chi connectivity index (χ0) is 14.0. The van der Waals surface area contributed by atoms with Crippen molar-refractivity contribution in [3.8, 4) is 0 Å². The zero-order valence-electron chi connectivity index (χ0n) is 9.90. The van der Waals surface area contributed by atoms with E-state index in [-0.39, 0.29) is 12.6 Å². The van der Waals surface area contributed by atoms with E-state index in [1.165, 1.54) is 0 Å². The first-order valence-corrected chi connectivity index (χ1v) is 5.82. The normalized spacial score (nSPS) is 14.5. The van der Waals surface area contributed by atoms with E-state index >= 15 is 0 Å². The molecule has 0 bridgehead atoms. The molecule has 0 spiro atoms. The predicted molar refractivity (Wildman–Crippen MR) is 60.5 cm³/mol. The predicted octanol–water partition coefficient (Wildman–Crippen LogP) is 2.18. The Bertz CT molecular complexity index is 477. The van der Waals surface area contributed by atoms with Crippen molar-refractivity contribution < 1.29 is 22.4 Å². The molecule has 2 rings (SSSR count). The van der Waals surface area contributed by atoms with E-state index < -0.39 is 34.9 Å². The lowest BCUT2D eigenvalue weighted by Gasteiger charge is -2.09. The van der Waals surface area contributed by atoms with Crippen molar-refractivity contribution in [2.75, 3.05) is 18.4 Å². The molecule has 3 nitrogen and oxygen atoms in total. The fourth-order valence-electron chi connectivity index (χ4n) is 1.58. The van der Waals surface area contributed by atoms with Crippen LogP contribution in [-0.2, 0) is 4.79 Å².